The van der Waals surface area contributed by atoms with Crippen LogP contribution in [0.25, 0.3) is 22.3 Å². The maximum absolute atomic E-state index is 10.7. The molecule has 4 rings (SSSR count). The Hall–Kier alpha value is -2.42. The van der Waals surface area contributed by atoms with Gasteiger partial charge in [-0.3, -0.25) is 0 Å². The first-order valence-corrected chi connectivity index (χ1v) is 6.93. The lowest BCUT2D eigenvalue weighted by Crippen LogP contribution is -2.24. The third-order valence-electron chi connectivity index (χ3n) is 4.09. The predicted molar refractivity (Wildman–Crippen MR) is 82.5 cm³/mol. The number of rotatable bonds is 1. The van der Waals surface area contributed by atoms with Gasteiger partial charge in [-0.05, 0) is 22.3 Å². The van der Waals surface area contributed by atoms with Crippen molar-refractivity contribution in [2.24, 2.45) is 0 Å². The fraction of sp³-hybridized carbons (Fsp3) is 0.0526. The first-order chi connectivity index (χ1) is 10.2. The van der Waals surface area contributed by atoms with Crippen LogP contribution in [0, 0.1) is 0 Å². The third kappa shape index (κ3) is 1.67. The van der Waals surface area contributed by atoms with Crippen molar-refractivity contribution in [3.05, 3.63) is 83.9 Å². The molecule has 1 aliphatic carbocycles. The largest absolute Gasteiger partial charge is 0.358 e. The fourth-order valence-corrected chi connectivity index (χ4v) is 3.17. The van der Waals surface area contributed by atoms with Gasteiger partial charge in [0.1, 0.15) is 0 Å². The van der Waals surface area contributed by atoms with Gasteiger partial charge in [0.25, 0.3) is 0 Å². The smallest absolute Gasteiger partial charge is 0.219 e. The van der Waals surface area contributed by atoms with Crippen LogP contribution in [-0.4, -0.2) is 10.2 Å². The van der Waals surface area contributed by atoms with Crippen LogP contribution < -0.4 is 0 Å². The SMILES string of the molecule is OC1(O)c2ccccc2-c2cccc(-c3ccccc3)c21. The van der Waals surface area contributed by atoms with Crippen LogP contribution in [0.5, 0.6) is 0 Å². The second-order valence-electron chi connectivity index (χ2n) is 5.31. The molecule has 3 aromatic carbocycles. The molecule has 2 nitrogen and oxygen atoms in total. The predicted octanol–water partition coefficient (Wildman–Crippen LogP) is 3.52. The topological polar surface area (TPSA) is 40.5 Å². The Morgan fingerprint density at radius 1 is 0.571 bits per heavy atom. The van der Waals surface area contributed by atoms with Crippen molar-refractivity contribution < 1.29 is 10.2 Å². The van der Waals surface area contributed by atoms with Gasteiger partial charge in [0.2, 0.25) is 5.79 Å². The second-order valence-corrected chi connectivity index (χ2v) is 5.31. The van der Waals surface area contributed by atoms with Crippen LogP contribution in [0.2, 0.25) is 0 Å². The Bertz CT molecular complexity index is 820. The summed E-state index contributed by atoms with van der Waals surface area (Å²) in [4.78, 5) is 0. The Morgan fingerprint density at radius 3 is 2.00 bits per heavy atom. The summed E-state index contributed by atoms with van der Waals surface area (Å²) in [7, 11) is 0. The minimum atomic E-state index is -1.95. The summed E-state index contributed by atoms with van der Waals surface area (Å²) in [5.74, 6) is -1.95. The van der Waals surface area contributed by atoms with E-state index in [1.54, 1.807) is 6.07 Å². The van der Waals surface area contributed by atoms with Gasteiger partial charge in [-0.1, -0.05) is 72.8 Å². The van der Waals surface area contributed by atoms with E-state index in [2.05, 4.69) is 0 Å². The van der Waals surface area contributed by atoms with Crippen molar-refractivity contribution in [1.82, 2.24) is 0 Å². The first-order valence-electron chi connectivity index (χ1n) is 6.93. The van der Waals surface area contributed by atoms with Gasteiger partial charge in [0.15, 0.2) is 0 Å². The minimum absolute atomic E-state index is 0.545. The second kappa shape index (κ2) is 4.29. The van der Waals surface area contributed by atoms with Gasteiger partial charge < -0.3 is 10.2 Å². The summed E-state index contributed by atoms with van der Waals surface area (Å²) in [5.41, 5.74) is 4.72. The van der Waals surface area contributed by atoms with Crippen molar-refractivity contribution in [2.45, 2.75) is 5.79 Å². The number of fused-ring (bicyclic) bond motifs is 3. The molecule has 0 atom stereocenters. The van der Waals surface area contributed by atoms with E-state index in [0.717, 1.165) is 22.3 Å². The maximum Gasteiger partial charge on any atom is 0.219 e. The highest BCUT2D eigenvalue weighted by Gasteiger charge is 2.41. The third-order valence-corrected chi connectivity index (χ3v) is 4.09. The standard InChI is InChI=1S/C19H14O2/c20-19(21)17-12-5-4-9-15(17)16-11-6-10-14(18(16)19)13-7-2-1-3-8-13/h1-12,20-21H. The van der Waals surface area contributed by atoms with Crippen molar-refractivity contribution in [3.8, 4) is 22.3 Å². The van der Waals surface area contributed by atoms with E-state index >= 15 is 0 Å². The molecule has 0 amide bonds. The quantitative estimate of drug-likeness (QED) is 0.667. The Balaban J connectivity index is 2.06. The summed E-state index contributed by atoms with van der Waals surface area (Å²) in [6.07, 6.45) is 0. The summed E-state index contributed by atoms with van der Waals surface area (Å²) in [5, 5.41) is 21.4. The molecule has 3 aromatic rings. The molecule has 0 bridgehead atoms. The Kier molecular flexibility index (Phi) is 2.52. The highest BCUT2D eigenvalue weighted by Crippen LogP contribution is 2.49. The van der Waals surface area contributed by atoms with E-state index < -0.39 is 5.79 Å². The highest BCUT2D eigenvalue weighted by molar-refractivity contribution is 5.86. The van der Waals surface area contributed by atoms with E-state index in [1.165, 1.54) is 0 Å². The molecule has 102 valence electrons. The van der Waals surface area contributed by atoms with Gasteiger partial charge in [0.05, 0.1) is 0 Å². The zero-order valence-corrected chi connectivity index (χ0v) is 11.3. The van der Waals surface area contributed by atoms with E-state index in [4.69, 9.17) is 0 Å². The fourth-order valence-electron chi connectivity index (χ4n) is 3.17. The molecule has 2 heteroatoms. The zero-order chi connectivity index (χ0) is 14.4. The lowest BCUT2D eigenvalue weighted by molar-refractivity contribution is -0.128. The van der Waals surface area contributed by atoms with Crippen LogP contribution >= 0.6 is 0 Å². The van der Waals surface area contributed by atoms with Gasteiger partial charge in [-0.2, -0.15) is 0 Å². The number of hydrogen-bond donors (Lipinski definition) is 2. The number of hydrogen-bond acceptors (Lipinski definition) is 2. The molecular weight excluding hydrogens is 260 g/mol. The molecular formula is C19H14O2. The molecule has 0 spiro atoms. The Labute approximate surface area is 122 Å². The summed E-state index contributed by atoms with van der Waals surface area (Å²) in [6, 6.07) is 23.1. The molecule has 0 radical (unpaired) electrons. The van der Waals surface area contributed by atoms with E-state index in [0.29, 0.717) is 11.1 Å². The van der Waals surface area contributed by atoms with Gasteiger partial charge >= 0.3 is 0 Å². The molecule has 0 saturated heterocycles. The molecule has 0 saturated carbocycles. The van der Waals surface area contributed by atoms with Gasteiger partial charge in [-0.15, -0.1) is 0 Å². The summed E-state index contributed by atoms with van der Waals surface area (Å²) in [6.45, 7) is 0. The molecule has 0 unspecified atom stereocenters. The average Bonchev–Trinajstić information content (AvgIpc) is 2.77. The lowest BCUT2D eigenvalue weighted by Gasteiger charge is -2.21. The number of benzene rings is 3. The normalized spacial score (nSPS) is 14.6. The van der Waals surface area contributed by atoms with Gasteiger partial charge in [-0.25, -0.2) is 0 Å². The first kappa shape index (κ1) is 12.3. The van der Waals surface area contributed by atoms with Crippen molar-refractivity contribution in [1.29, 1.82) is 0 Å². The van der Waals surface area contributed by atoms with Crippen LogP contribution in [0.15, 0.2) is 72.8 Å². The minimum Gasteiger partial charge on any atom is -0.358 e. The van der Waals surface area contributed by atoms with E-state index in [-0.39, 0.29) is 0 Å². The van der Waals surface area contributed by atoms with E-state index in [9.17, 15) is 10.2 Å². The maximum atomic E-state index is 10.7. The van der Waals surface area contributed by atoms with E-state index in [1.807, 2.05) is 66.7 Å². The zero-order valence-electron chi connectivity index (χ0n) is 11.3. The molecule has 0 aromatic heterocycles. The molecule has 0 heterocycles. The van der Waals surface area contributed by atoms with Gasteiger partial charge in [0, 0.05) is 11.1 Å². The molecule has 0 aliphatic heterocycles. The van der Waals surface area contributed by atoms with Crippen molar-refractivity contribution in [3.63, 3.8) is 0 Å². The molecule has 2 N–H and O–H groups in total. The summed E-state index contributed by atoms with van der Waals surface area (Å²) < 4.78 is 0. The molecule has 21 heavy (non-hydrogen) atoms. The number of aliphatic hydroxyl groups is 2. The van der Waals surface area contributed by atoms with Crippen molar-refractivity contribution >= 4 is 0 Å². The molecule has 0 fully saturated rings. The highest BCUT2D eigenvalue weighted by atomic mass is 16.5. The molecule has 1 aliphatic rings. The van der Waals surface area contributed by atoms with Crippen LogP contribution in [0.4, 0.5) is 0 Å². The monoisotopic (exact) mass is 274 g/mol. The van der Waals surface area contributed by atoms with Crippen molar-refractivity contribution in [2.75, 3.05) is 0 Å². The lowest BCUT2D eigenvalue weighted by atomic mass is 9.93. The Morgan fingerprint density at radius 2 is 1.19 bits per heavy atom. The van der Waals surface area contributed by atoms with Crippen LogP contribution in [-0.2, 0) is 5.79 Å². The summed E-state index contributed by atoms with van der Waals surface area (Å²) >= 11 is 0. The average molecular weight is 274 g/mol. The van der Waals surface area contributed by atoms with Crippen LogP contribution in [0.3, 0.4) is 0 Å². The van der Waals surface area contributed by atoms with Crippen LogP contribution in [0.1, 0.15) is 11.1 Å².